The highest BCUT2D eigenvalue weighted by Crippen LogP contribution is 2.34. The molecule has 168 valence electrons. The smallest absolute Gasteiger partial charge is 0.490 e. The number of nitrogens with zero attached hydrogens (tertiary/aromatic N) is 2. The SMILES string of the molecule is Fc1ccccc1OC[C@@H]1CO[C@@H]2CN(Cc3cccnc3)C[C@H]12.O=C(O)C(F)(F)F. The molecular weight excluding hydrogens is 420 g/mol. The summed E-state index contributed by atoms with van der Waals surface area (Å²) >= 11 is 0. The van der Waals surface area contributed by atoms with Crippen LogP contribution in [-0.4, -0.2) is 59.5 Å². The lowest BCUT2D eigenvalue weighted by Gasteiger charge is -2.20. The van der Waals surface area contributed by atoms with Crippen molar-refractivity contribution in [2.24, 2.45) is 11.8 Å². The third-order valence-electron chi connectivity index (χ3n) is 5.18. The third kappa shape index (κ3) is 6.38. The van der Waals surface area contributed by atoms with Crippen LogP contribution in [0.25, 0.3) is 0 Å². The van der Waals surface area contributed by atoms with Gasteiger partial charge in [-0.2, -0.15) is 13.2 Å². The minimum Gasteiger partial charge on any atom is -0.490 e. The molecule has 0 aliphatic carbocycles. The molecule has 2 aliphatic rings. The zero-order chi connectivity index (χ0) is 22.4. The van der Waals surface area contributed by atoms with Gasteiger partial charge in [0.15, 0.2) is 11.6 Å². The number of likely N-dealkylation sites (tertiary alicyclic amines) is 1. The number of aliphatic carboxylic acids is 1. The van der Waals surface area contributed by atoms with Crippen molar-refractivity contribution in [3.8, 4) is 5.75 Å². The second-order valence-corrected chi connectivity index (χ2v) is 7.40. The monoisotopic (exact) mass is 442 g/mol. The number of fused-ring (bicyclic) bond motifs is 1. The summed E-state index contributed by atoms with van der Waals surface area (Å²) in [5, 5.41) is 7.12. The Hall–Kier alpha value is -2.72. The molecule has 0 unspecified atom stereocenters. The number of para-hydroxylation sites is 1. The number of pyridine rings is 1. The number of hydrogen-bond donors (Lipinski definition) is 1. The summed E-state index contributed by atoms with van der Waals surface area (Å²) in [6.45, 7) is 4.03. The molecule has 6 nitrogen and oxygen atoms in total. The fourth-order valence-corrected chi connectivity index (χ4v) is 3.69. The number of alkyl halides is 3. The van der Waals surface area contributed by atoms with E-state index < -0.39 is 12.1 Å². The molecule has 0 amide bonds. The molecule has 1 aromatic heterocycles. The largest absolute Gasteiger partial charge is 0.490 e. The molecule has 1 aromatic carbocycles. The molecule has 0 bridgehead atoms. The first-order valence-electron chi connectivity index (χ1n) is 9.64. The number of carboxylic acid groups (broad SMARTS) is 1. The predicted octanol–water partition coefficient (Wildman–Crippen LogP) is 3.38. The summed E-state index contributed by atoms with van der Waals surface area (Å²) in [4.78, 5) is 15.5. The molecule has 2 fully saturated rings. The van der Waals surface area contributed by atoms with E-state index in [2.05, 4.69) is 16.0 Å². The molecule has 2 aliphatic heterocycles. The molecular formula is C21H22F4N2O4. The van der Waals surface area contributed by atoms with Crippen molar-refractivity contribution in [2.75, 3.05) is 26.3 Å². The van der Waals surface area contributed by atoms with Gasteiger partial charge < -0.3 is 14.6 Å². The predicted molar refractivity (Wildman–Crippen MR) is 102 cm³/mol. The van der Waals surface area contributed by atoms with Crippen LogP contribution in [-0.2, 0) is 16.1 Å². The van der Waals surface area contributed by atoms with Crippen LogP contribution in [0.2, 0.25) is 0 Å². The van der Waals surface area contributed by atoms with Gasteiger partial charge in [-0.15, -0.1) is 0 Å². The molecule has 2 aromatic rings. The van der Waals surface area contributed by atoms with Crippen LogP contribution in [0.3, 0.4) is 0 Å². The Labute approximate surface area is 176 Å². The van der Waals surface area contributed by atoms with Gasteiger partial charge in [-0.25, -0.2) is 9.18 Å². The molecule has 0 spiro atoms. The minimum absolute atomic E-state index is 0.260. The number of benzene rings is 1. The fourth-order valence-electron chi connectivity index (χ4n) is 3.69. The topological polar surface area (TPSA) is 71.9 Å². The first-order valence-corrected chi connectivity index (χ1v) is 9.64. The second kappa shape index (κ2) is 10.1. The van der Waals surface area contributed by atoms with Crippen molar-refractivity contribution >= 4 is 5.97 Å². The van der Waals surface area contributed by atoms with E-state index >= 15 is 0 Å². The maximum atomic E-state index is 13.7. The second-order valence-electron chi connectivity index (χ2n) is 7.40. The Morgan fingerprint density at radius 2 is 1.97 bits per heavy atom. The number of rotatable bonds is 5. The summed E-state index contributed by atoms with van der Waals surface area (Å²) in [5.41, 5.74) is 1.22. The lowest BCUT2D eigenvalue weighted by Crippen LogP contribution is -2.26. The van der Waals surface area contributed by atoms with Crippen molar-refractivity contribution in [3.05, 3.63) is 60.2 Å². The van der Waals surface area contributed by atoms with Crippen LogP contribution in [0.1, 0.15) is 5.56 Å². The summed E-state index contributed by atoms with van der Waals surface area (Å²) in [5.74, 6) is -1.97. The molecule has 0 radical (unpaired) electrons. The maximum absolute atomic E-state index is 13.7. The van der Waals surface area contributed by atoms with E-state index in [1.165, 1.54) is 11.6 Å². The van der Waals surface area contributed by atoms with Gasteiger partial charge in [0.25, 0.3) is 0 Å². The van der Waals surface area contributed by atoms with Gasteiger partial charge in [-0.05, 0) is 23.8 Å². The summed E-state index contributed by atoms with van der Waals surface area (Å²) < 4.78 is 57.0. The third-order valence-corrected chi connectivity index (χ3v) is 5.18. The number of ether oxygens (including phenoxy) is 2. The van der Waals surface area contributed by atoms with Gasteiger partial charge in [-0.1, -0.05) is 18.2 Å². The highest BCUT2D eigenvalue weighted by atomic mass is 19.4. The van der Waals surface area contributed by atoms with E-state index in [1.54, 1.807) is 24.4 Å². The summed E-state index contributed by atoms with van der Waals surface area (Å²) in [6.07, 6.45) is -1.12. The van der Waals surface area contributed by atoms with Crippen molar-refractivity contribution < 1.29 is 36.9 Å². The molecule has 31 heavy (non-hydrogen) atoms. The Kier molecular flexibility index (Phi) is 7.45. The van der Waals surface area contributed by atoms with Crippen molar-refractivity contribution in [3.63, 3.8) is 0 Å². The first-order chi connectivity index (χ1) is 14.7. The van der Waals surface area contributed by atoms with Gasteiger partial charge in [0, 0.05) is 43.9 Å². The Morgan fingerprint density at radius 3 is 2.61 bits per heavy atom. The van der Waals surface area contributed by atoms with Gasteiger partial charge in [0.05, 0.1) is 19.3 Å². The average molecular weight is 442 g/mol. The van der Waals surface area contributed by atoms with Gasteiger partial charge >= 0.3 is 12.1 Å². The Balaban J connectivity index is 0.000000339. The fraction of sp³-hybridized carbons (Fsp3) is 0.429. The van der Waals surface area contributed by atoms with Gasteiger partial charge in [0.2, 0.25) is 0 Å². The number of hydrogen-bond acceptors (Lipinski definition) is 5. The van der Waals surface area contributed by atoms with E-state index in [0.29, 0.717) is 30.8 Å². The summed E-state index contributed by atoms with van der Waals surface area (Å²) in [6, 6.07) is 10.6. The highest BCUT2D eigenvalue weighted by Gasteiger charge is 2.44. The lowest BCUT2D eigenvalue weighted by molar-refractivity contribution is -0.192. The highest BCUT2D eigenvalue weighted by molar-refractivity contribution is 5.73. The molecule has 4 rings (SSSR count). The Bertz CT molecular complexity index is 866. The maximum Gasteiger partial charge on any atom is 0.490 e. The van der Waals surface area contributed by atoms with E-state index in [-0.39, 0.29) is 11.9 Å². The van der Waals surface area contributed by atoms with E-state index in [1.807, 2.05) is 12.3 Å². The van der Waals surface area contributed by atoms with Crippen LogP contribution >= 0.6 is 0 Å². The first kappa shape index (κ1) is 23.0. The zero-order valence-electron chi connectivity index (χ0n) is 16.5. The van der Waals surface area contributed by atoms with Gasteiger partial charge in [0.1, 0.15) is 0 Å². The van der Waals surface area contributed by atoms with Gasteiger partial charge in [-0.3, -0.25) is 9.88 Å². The van der Waals surface area contributed by atoms with Crippen LogP contribution < -0.4 is 4.74 Å². The molecule has 0 saturated carbocycles. The van der Waals surface area contributed by atoms with Crippen molar-refractivity contribution in [2.45, 2.75) is 18.8 Å². The molecule has 1 N–H and O–H groups in total. The van der Waals surface area contributed by atoms with E-state index in [9.17, 15) is 17.6 Å². The standard InChI is InChI=1S/C19H21FN2O2.C2HF3O2/c20-17-5-1-2-6-18(17)23-12-15-13-24-19-11-22(10-16(15)19)9-14-4-3-7-21-8-14;3-2(4,5)1(6)7/h1-8,15-16,19H,9-13H2;(H,6,7)/t15-,16-,19-;/m1./s1. The van der Waals surface area contributed by atoms with Crippen molar-refractivity contribution in [1.82, 2.24) is 9.88 Å². The lowest BCUT2D eigenvalue weighted by atomic mass is 9.94. The average Bonchev–Trinajstić information content (AvgIpc) is 3.28. The van der Waals surface area contributed by atoms with Crippen LogP contribution in [0.5, 0.6) is 5.75 Å². The van der Waals surface area contributed by atoms with E-state index in [4.69, 9.17) is 19.4 Å². The van der Waals surface area contributed by atoms with Crippen LogP contribution in [0.4, 0.5) is 17.6 Å². The summed E-state index contributed by atoms with van der Waals surface area (Å²) in [7, 11) is 0. The Morgan fingerprint density at radius 1 is 1.23 bits per heavy atom. The van der Waals surface area contributed by atoms with Crippen LogP contribution in [0, 0.1) is 17.7 Å². The zero-order valence-corrected chi connectivity index (χ0v) is 16.5. The molecule has 10 heteroatoms. The number of aromatic nitrogens is 1. The normalized spacial score (nSPS) is 23.0. The number of halogens is 4. The number of carboxylic acids is 1. The van der Waals surface area contributed by atoms with E-state index in [0.717, 1.165) is 19.6 Å². The molecule has 3 atom stereocenters. The minimum atomic E-state index is -5.08. The van der Waals surface area contributed by atoms with Crippen LogP contribution in [0.15, 0.2) is 48.8 Å². The molecule has 2 saturated heterocycles. The molecule has 3 heterocycles. The quantitative estimate of drug-likeness (QED) is 0.716. The number of carbonyl (C=O) groups is 1. The van der Waals surface area contributed by atoms with Crippen molar-refractivity contribution in [1.29, 1.82) is 0 Å².